The number of anilines is 1. The number of amides is 2. The highest BCUT2D eigenvalue weighted by Crippen LogP contribution is 2.19. The molecule has 8 nitrogen and oxygen atoms in total. The van der Waals surface area contributed by atoms with Crippen LogP contribution >= 0.6 is 11.3 Å². The maximum absolute atomic E-state index is 11.6. The van der Waals surface area contributed by atoms with E-state index in [-0.39, 0.29) is 9.47 Å². The molecule has 1 rings (SSSR count). The highest BCUT2D eigenvalue weighted by molar-refractivity contribution is 7.92. The highest BCUT2D eigenvalue weighted by Gasteiger charge is 2.17. The Balaban J connectivity index is 2.63. The SMILES string of the molecule is CCCCN(N)C(=O)Nc1nnc(S(C)(=O)=O)s1. The summed E-state index contributed by atoms with van der Waals surface area (Å²) in [6.07, 6.45) is 2.72. The Bertz CT molecular complexity index is 513. The molecule has 1 heterocycles. The normalized spacial score (nSPS) is 11.3. The van der Waals surface area contributed by atoms with Crippen molar-refractivity contribution in [2.45, 2.75) is 24.1 Å². The number of sulfone groups is 1. The van der Waals surface area contributed by atoms with Crippen LogP contribution in [-0.2, 0) is 9.84 Å². The Labute approximate surface area is 109 Å². The molecule has 0 aliphatic rings. The van der Waals surface area contributed by atoms with Crippen LogP contribution in [0.5, 0.6) is 0 Å². The number of carbonyl (C=O) groups is 1. The molecule has 1 aromatic heterocycles. The van der Waals surface area contributed by atoms with Gasteiger partial charge in [-0.1, -0.05) is 24.7 Å². The van der Waals surface area contributed by atoms with Gasteiger partial charge in [-0.3, -0.25) is 10.3 Å². The van der Waals surface area contributed by atoms with Crippen LogP contribution in [0, 0.1) is 0 Å². The molecule has 0 fully saturated rings. The number of nitrogens with one attached hydrogen (secondary N) is 1. The van der Waals surface area contributed by atoms with Gasteiger partial charge in [-0.2, -0.15) is 0 Å². The summed E-state index contributed by atoms with van der Waals surface area (Å²) >= 11 is 0.785. The van der Waals surface area contributed by atoms with Crippen molar-refractivity contribution in [3.05, 3.63) is 0 Å². The summed E-state index contributed by atoms with van der Waals surface area (Å²) in [5, 5.41) is 10.5. The van der Waals surface area contributed by atoms with E-state index in [2.05, 4.69) is 15.5 Å². The Morgan fingerprint density at radius 1 is 1.50 bits per heavy atom. The lowest BCUT2D eigenvalue weighted by molar-refractivity contribution is 0.212. The van der Waals surface area contributed by atoms with Crippen molar-refractivity contribution >= 4 is 32.3 Å². The summed E-state index contributed by atoms with van der Waals surface area (Å²) < 4.78 is 22.2. The van der Waals surface area contributed by atoms with Crippen LogP contribution in [0.3, 0.4) is 0 Å². The minimum absolute atomic E-state index is 0.104. The molecule has 0 aromatic carbocycles. The molecule has 0 saturated heterocycles. The minimum atomic E-state index is -3.40. The predicted molar refractivity (Wildman–Crippen MR) is 67.8 cm³/mol. The lowest BCUT2D eigenvalue weighted by atomic mass is 10.3. The summed E-state index contributed by atoms with van der Waals surface area (Å²) in [5.74, 6) is 5.50. The topological polar surface area (TPSA) is 118 Å². The van der Waals surface area contributed by atoms with E-state index in [0.717, 1.165) is 35.4 Å². The summed E-state index contributed by atoms with van der Waals surface area (Å²) in [6, 6.07) is -0.542. The second-order valence-corrected chi connectivity index (χ2v) is 6.79. The number of hydrazine groups is 1. The van der Waals surface area contributed by atoms with Crippen molar-refractivity contribution in [3.63, 3.8) is 0 Å². The molecule has 3 N–H and O–H groups in total. The number of carbonyl (C=O) groups excluding carboxylic acids is 1. The van der Waals surface area contributed by atoms with E-state index in [1.54, 1.807) is 0 Å². The van der Waals surface area contributed by atoms with Crippen LogP contribution in [0.2, 0.25) is 0 Å². The molecule has 0 saturated carbocycles. The number of urea groups is 1. The van der Waals surface area contributed by atoms with E-state index >= 15 is 0 Å². The number of hydrogen-bond acceptors (Lipinski definition) is 7. The molecule has 0 spiro atoms. The summed E-state index contributed by atoms with van der Waals surface area (Å²) in [7, 11) is -3.40. The van der Waals surface area contributed by atoms with E-state index < -0.39 is 15.9 Å². The van der Waals surface area contributed by atoms with Gasteiger partial charge < -0.3 is 0 Å². The number of nitrogens with zero attached hydrogens (tertiary/aromatic N) is 3. The maximum Gasteiger partial charge on any atom is 0.337 e. The number of hydrogen-bond donors (Lipinski definition) is 2. The van der Waals surface area contributed by atoms with Gasteiger partial charge >= 0.3 is 6.03 Å². The Hall–Kier alpha value is -1.26. The molecular formula is C8H15N5O3S2. The van der Waals surface area contributed by atoms with Gasteiger partial charge in [-0.25, -0.2) is 19.1 Å². The van der Waals surface area contributed by atoms with Crippen molar-refractivity contribution in [1.29, 1.82) is 0 Å². The first-order chi connectivity index (χ1) is 8.34. The van der Waals surface area contributed by atoms with Gasteiger partial charge in [0.15, 0.2) is 0 Å². The zero-order chi connectivity index (χ0) is 13.8. The fourth-order valence-corrected chi connectivity index (χ4v) is 2.50. The highest BCUT2D eigenvalue weighted by atomic mass is 32.2. The average Bonchev–Trinajstić information content (AvgIpc) is 2.73. The standard InChI is InChI=1S/C8H15N5O3S2/c1-3-4-5-13(9)7(14)10-6-11-12-8(17-6)18(2,15)16/h3-5,9H2,1-2H3,(H,10,11,14). The molecule has 0 atom stereocenters. The van der Waals surface area contributed by atoms with Gasteiger partial charge in [0.1, 0.15) is 0 Å². The monoisotopic (exact) mass is 293 g/mol. The summed E-state index contributed by atoms with van der Waals surface area (Å²) in [4.78, 5) is 11.6. The quantitative estimate of drug-likeness (QED) is 0.352. The lowest BCUT2D eigenvalue weighted by Crippen LogP contribution is -2.41. The van der Waals surface area contributed by atoms with Crippen molar-refractivity contribution in [2.24, 2.45) is 5.84 Å². The van der Waals surface area contributed by atoms with Gasteiger partial charge in [0.2, 0.25) is 19.3 Å². The van der Waals surface area contributed by atoms with Crippen LogP contribution in [0.4, 0.5) is 9.93 Å². The van der Waals surface area contributed by atoms with Gasteiger partial charge in [0.25, 0.3) is 0 Å². The van der Waals surface area contributed by atoms with Gasteiger partial charge in [0, 0.05) is 12.8 Å². The Morgan fingerprint density at radius 2 is 2.17 bits per heavy atom. The molecule has 0 bridgehead atoms. The molecule has 1 aromatic rings. The third-order valence-electron chi connectivity index (χ3n) is 1.95. The molecule has 18 heavy (non-hydrogen) atoms. The lowest BCUT2D eigenvalue weighted by Gasteiger charge is -2.15. The number of unbranched alkanes of at least 4 members (excludes halogenated alkanes) is 1. The van der Waals surface area contributed by atoms with E-state index in [0.29, 0.717) is 6.54 Å². The van der Waals surface area contributed by atoms with E-state index in [1.165, 1.54) is 0 Å². The summed E-state index contributed by atoms with van der Waals surface area (Å²) in [6.45, 7) is 2.40. The zero-order valence-corrected chi connectivity index (χ0v) is 11.7. The second-order valence-electron chi connectivity index (χ2n) is 3.62. The van der Waals surface area contributed by atoms with Gasteiger partial charge in [-0.15, -0.1) is 10.2 Å². The van der Waals surface area contributed by atoms with Crippen LogP contribution in [-0.4, -0.2) is 42.5 Å². The molecule has 0 aliphatic carbocycles. The number of rotatable bonds is 5. The Morgan fingerprint density at radius 3 is 2.67 bits per heavy atom. The first-order valence-corrected chi connectivity index (χ1v) is 7.92. The first kappa shape index (κ1) is 14.8. The van der Waals surface area contributed by atoms with Crippen molar-refractivity contribution in [2.75, 3.05) is 18.1 Å². The van der Waals surface area contributed by atoms with Crippen LogP contribution in [0.25, 0.3) is 0 Å². The fourth-order valence-electron chi connectivity index (χ4n) is 1.00. The van der Waals surface area contributed by atoms with Crippen LogP contribution < -0.4 is 11.2 Å². The minimum Gasteiger partial charge on any atom is -0.281 e. The van der Waals surface area contributed by atoms with Crippen LogP contribution in [0.15, 0.2) is 4.34 Å². The maximum atomic E-state index is 11.6. The molecule has 0 aliphatic heterocycles. The molecule has 102 valence electrons. The van der Waals surface area contributed by atoms with Crippen molar-refractivity contribution < 1.29 is 13.2 Å². The molecule has 0 radical (unpaired) electrons. The Kier molecular flexibility index (Phi) is 4.99. The molecular weight excluding hydrogens is 278 g/mol. The smallest absolute Gasteiger partial charge is 0.281 e. The summed E-state index contributed by atoms with van der Waals surface area (Å²) in [5.41, 5.74) is 0. The van der Waals surface area contributed by atoms with Gasteiger partial charge in [-0.05, 0) is 6.42 Å². The first-order valence-electron chi connectivity index (χ1n) is 5.21. The van der Waals surface area contributed by atoms with E-state index in [1.807, 2.05) is 6.92 Å². The largest absolute Gasteiger partial charge is 0.337 e. The van der Waals surface area contributed by atoms with Gasteiger partial charge in [0.05, 0.1) is 0 Å². The van der Waals surface area contributed by atoms with Crippen LogP contribution in [0.1, 0.15) is 19.8 Å². The average molecular weight is 293 g/mol. The number of aromatic nitrogens is 2. The molecule has 2 amide bonds. The molecule has 0 unspecified atom stereocenters. The third-order valence-corrected chi connectivity index (χ3v) is 4.46. The zero-order valence-electron chi connectivity index (χ0n) is 10.1. The third kappa shape index (κ3) is 4.20. The predicted octanol–water partition coefficient (Wildman–Crippen LogP) is 0.449. The fraction of sp³-hybridized carbons (Fsp3) is 0.625. The second kappa shape index (κ2) is 6.07. The number of nitrogens with two attached hydrogens (primary N) is 1. The molecule has 10 heteroatoms. The van der Waals surface area contributed by atoms with E-state index in [9.17, 15) is 13.2 Å². The van der Waals surface area contributed by atoms with Crippen molar-refractivity contribution in [1.82, 2.24) is 15.2 Å². The van der Waals surface area contributed by atoms with Crippen molar-refractivity contribution in [3.8, 4) is 0 Å². The van der Waals surface area contributed by atoms with E-state index in [4.69, 9.17) is 5.84 Å².